The highest BCUT2D eigenvalue weighted by molar-refractivity contribution is 7.92. The van der Waals surface area contributed by atoms with Crippen LogP contribution in [0.15, 0.2) is 0 Å². The normalized spacial score (nSPS) is 13.8. The van der Waals surface area contributed by atoms with E-state index in [4.69, 9.17) is 9.47 Å². The van der Waals surface area contributed by atoms with Crippen LogP contribution >= 0.6 is 0 Å². The molecule has 9 heteroatoms. The number of carbonyl (C=O) groups excluding carboxylic acids is 3. The van der Waals surface area contributed by atoms with Gasteiger partial charge in [0.15, 0.2) is 20.7 Å². The maximum absolute atomic E-state index is 12.7. The molecule has 0 spiro atoms. The third kappa shape index (κ3) is 11.0. The summed E-state index contributed by atoms with van der Waals surface area (Å²) in [7, 11) is -1.37. The summed E-state index contributed by atoms with van der Waals surface area (Å²) in [5, 5.41) is 0. The van der Waals surface area contributed by atoms with E-state index in [1.54, 1.807) is 0 Å². The summed E-state index contributed by atoms with van der Waals surface area (Å²) < 4.78 is 38.2. The Bertz CT molecular complexity index is 763. The topological polar surface area (TPSA) is 113 Å². The Labute approximate surface area is 192 Å². The van der Waals surface area contributed by atoms with E-state index in [0.717, 1.165) is 32.6 Å². The van der Waals surface area contributed by atoms with Gasteiger partial charge in [0.25, 0.3) is 0 Å². The monoisotopic (exact) mass is 474 g/mol. The van der Waals surface area contributed by atoms with Gasteiger partial charge in [0, 0.05) is 26.0 Å². The van der Waals surface area contributed by atoms with Gasteiger partial charge >= 0.3 is 17.9 Å². The molecule has 0 aromatic carbocycles. The molecule has 1 unspecified atom stereocenters. The summed E-state index contributed by atoms with van der Waals surface area (Å²) in [6.45, 7) is 3.35. The van der Waals surface area contributed by atoms with E-state index in [1.165, 1.54) is 14.0 Å². The maximum atomic E-state index is 12.7. The molecular weight excluding hydrogens is 436 g/mol. The van der Waals surface area contributed by atoms with Crippen LogP contribution in [0.2, 0.25) is 0 Å². The molecule has 184 valence electrons. The van der Waals surface area contributed by atoms with E-state index in [9.17, 15) is 22.8 Å². The van der Waals surface area contributed by atoms with Crippen LogP contribution in [0.5, 0.6) is 0 Å². The van der Waals surface area contributed by atoms with E-state index in [0.29, 0.717) is 38.5 Å². The van der Waals surface area contributed by atoms with Crippen LogP contribution in [0, 0.1) is 11.8 Å². The van der Waals surface area contributed by atoms with E-state index in [1.807, 2.05) is 0 Å². The van der Waals surface area contributed by atoms with Crippen LogP contribution < -0.4 is 0 Å². The van der Waals surface area contributed by atoms with Crippen molar-refractivity contribution in [2.24, 2.45) is 0 Å². The molecule has 0 fully saturated rings. The van der Waals surface area contributed by atoms with E-state index in [-0.39, 0.29) is 18.8 Å². The molecule has 0 aliphatic rings. The van der Waals surface area contributed by atoms with Crippen LogP contribution in [0.1, 0.15) is 84.5 Å². The largest absolute Gasteiger partial charge is 0.469 e. The first kappa shape index (κ1) is 29.9. The summed E-state index contributed by atoms with van der Waals surface area (Å²) in [6, 6.07) is 0. The lowest BCUT2D eigenvalue weighted by atomic mass is 9.96. The van der Waals surface area contributed by atoms with Crippen molar-refractivity contribution in [1.82, 2.24) is 0 Å². The van der Waals surface area contributed by atoms with Crippen molar-refractivity contribution in [3.8, 4) is 11.8 Å². The first-order chi connectivity index (χ1) is 15.0. The average Bonchev–Trinajstić information content (AvgIpc) is 2.72. The maximum Gasteiger partial charge on any atom is 0.328 e. The Morgan fingerprint density at radius 1 is 0.969 bits per heavy atom. The second kappa shape index (κ2) is 15.7. The highest BCUT2D eigenvalue weighted by Crippen LogP contribution is 2.30. The third-order valence-corrected chi connectivity index (χ3v) is 7.16. The number of esters is 3. The number of hydrogen-bond donors (Lipinski definition) is 0. The minimum atomic E-state index is -3.85. The molecule has 8 nitrogen and oxygen atoms in total. The molecule has 0 aromatic rings. The standard InChI is InChI=1S/C23H38O8S/c1-6-7-10-14-20(31-19(2)24)15-13-18-23(22(26)30-4,32(5,27)28)17-12-9-8-11-16-21(25)29-3/h20H,6-12,14,16-18H2,1-5H3/t20-,23?/m0/s1. The summed E-state index contributed by atoms with van der Waals surface area (Å²) in [5.41, 5.74) is 0. The fraction of sp³-hybridized carbons (Fsp3) is 0.783. The third-order valence-electron chi connectivity index (χ3n) is 5.22. The van der Waals surface area contributed by atoms with Crippen LogP contribution in [-0.2, 0) is 38.4 Å². The number of sulfone groups is 1. The van der Waals surface area contributed by atoms with Crippen LogP contribution in [0.3, 0.4) is 0 Å². The predicted octanol–water partition coefficient (Wildman–Crippen LogP) is 3.36. The Hall–Kier alpha value is -2.08. The van der Waals surface area contributed by atoms with Gasteiger partial charge in [0.2, 0.25) is 0 Å². The lowest BCUT2D eigenvalue weighted by Crippen LogP contribution is -2.46. The summed E-state index contributed by atoms with van der Waals surface area (Å²) in [6.07, 6.45) is 6.22. The van der Waals surface area contributed by atoms with Crippen molar-refractivity contribution in [2.45, 2.75) is 95.3 Å². The van der Waals surface area contributed by atoms with E-state index < -0.39 is 32.6 Å². The minimum Gasteiger partial charge on any atom is -0.469 e. The molecule has 0 N–H and O–H groups in total. The Morgan fingerprint density at radius 2 is 1.62 bits per heavy atom. The molecular formula is C23H38O8S. The van der Waals surface area contributed by atoms with Crippen molar-refractivity contribution < 1.29 is 37.0 Å². The zero-order valence-electron chi connectivity index (χ0n) is 20.0. The number of methoxy groups -OCH3 is 2. The molecule has 0 heterocycles. The Kier molecular flexibility index (Phi) is 14.7. The Morgan fingerprint density at radius 3 is 2.16 bits per heavy atom. The van der Waals surface area contributed by atoms with Gasteiger partial charge in [-0.15, -0.1) is 0 Å². The van der Waals surface area contributed by atoms with Crippen molar-refractivity contribution >= 4 is 27.7 Å². The second-order valence-electron chi connectivity index (χ2n) is 7.84. The Balaban J connectivity index is 5.37. The minimum absolute atomic E-state index is 0.0550. The highest BCUT2D eigenvalue weighted by Gasteiger charge is 2.48. The molecule has 0 saturated heterocycles. The molecule has 2 atom stereocenters. The molecule has 0 aliphatic carbocycles. The lowest BCUT2D eigenvalue weighted by molar-refractivity contribution is -0.145. The van der Waals surface area contributed by atoms with Gasteiger partial charge in [-0.3, -0.25) is 14.4 Å². The van der Waals surface area contributed by atoms with Crippen molar-refractivity contribution in [3.05, 3.63) is 0 Å². The molecule has 0 aliphatic heterocycles. The number of unbranched alkanes of at least 4 members (excludes halogenated alkanes) is 5. The molecule has 0 bridgehead atoms. The van der Waals surface area contributed by atoms with Crippen molar-refractivity contribution in [3.63, 3.8) is 0 Å². The molecule has 0 amide bonds. The van der Waals surface area contributed by atoms with Gasteiger partial charge in [0.1, 0.15) is 0 Å². The molecule has 0 saturated carbocycles. The molecule has 0 radical (unpaired) electrons. The molecule has 32 heavy (non-hydrogen) atoms. The van der Waals surface area contributed by atoms with Crippen molar-refractivity contribution in [2.75, 3.05) is 20.5 Å². The van der Waals surface area contributed by atoms with Gasteiger partial charge in [-0.05, 0) is 25.7 Å². The smallest absolute Gasteiger partial charge is 0.328 e. The van der Waals surface area contributed by atoms with E-state index >= 15 is 0 Å². The first-order valence-electron chi connectivity index (χ1n) is 11.0. The number of rotatable bonds is 15. The summed E-state index contributed by atoms with van der Waals surface area (Å²) in [5.74, 6) is 4.01. The quantitative estimate of drug-likeness (QED) is 0.154. The fourth-order valence-corrected chi connectivity index (χ4v) is 4.54. The zero-order chi connectivity index (χ0) is 24.6. The molecule has 0 rings (SSSR count). The van der Waals surface area contributed by atoms with Crippen LogP contribution in [0.4, 0.5) is 0 Å². The van der Waals surface area contributed by atoms with Gasteiger partial charge in [-0.25, -0.2) is 8.42 Å². The summed E-state index contributed by atoms with van der Waals surface area (Å²) >= 11 is 0. The van der Waals surface area contributed by atoms with Crippen molar-refractivity contribution in [1.29, 1.82) is 0 Å². The summed E-state index contributed by atoms with van der Waals surface area (Å²) in [4.78, 5) is 35.1. The number of hydrogen-bond acceptors (Lipinski definition) is 8. The van der Waals surface area contributed by atoms with E-state index in [2.05, 4.69) is 23.5 Å². The highest BCUT2D eigenvalue weighted by atomic mass is 32.2. The van der Waals surface area contributed by atoms with Gasteiger partial charge in [0.05, 0.1) is 14.2 Å². The van der Waals surface area contributed by atoms with Gasteiger partial charge < -0.3 is 14.2 Å². The zero-order valence-corrected chi connectivity index (χ0v) is 20.8. The van der Waals surface area contributed by atoms with Crippen LogP contribution in [-0.4, -0.2) is 57.7 Å². The fourth-order valence-electron chi connectivity index (χ4n) is 3.30. The predicted molar refractivity (Wildman–Crippen MR) is 121 cm³/mol. The van der Waals surface area contributed by atoms with Gasteiger partial charge in [-0.1, -0.05) is 50.9 Å². The molecule has 0 aromatic heterocycles. The van der Waals surface area contributed by atoms with Crippen LogP contribution in [0.25, 0.3) is 0 Å². The SMILES string of the molecule is CCCCC[C@@H](C#CCC(CCCCCCC(=O)OC)(C(=O)OC)S(C)(=O)=O)OC(C)=O. The second-order valence-corrected chi connectivity index (χ2v) is 10.2. The first-order valence-corrected chi connectivity index (χ1v) is 12.9. The lowest BCUT2D eigenvalue weighted by Gasteiger charge is -2.27. The number of ether oxygens (including phenoxy) is 3. The average molecular weight is 475 g/mol. The van der Waals surface area contributed by atoms with Gasteiger partial charge in [-0.2, -0.15) is 0 Å². The number of carbonyl (C=O) groups is 3.